The second-order valence-electron chi connectivity index (χ2n) is 6.58. The van der Waals surface area contributed by atoms with Crippen molar-refractivity contribution in [3.63, 3.8) is 0 Å². The highest BCUT2D eigenvalue weighted by molar-refractivity contribution is 6.16. The van der Waals surface area contributed by atoms with E-state index in [1.54, 1.807) is 0 Å². The zero-order chi connectivity index (χ0) is 18.0. The number of carbonyl (C=O) groups is 2. The Labute approximate surface area is 146 Å². The van der Waals surface area contributed by atoms with Crippen LogP contribution in [0.3, 0.4) is 0 Å². The Kier molecular flexibility index (Phi) is 4.65. The Bertz CT molecular complexity index is 896. The van der Waals surface area contributed by atoms with Crippen LogP contribution in [0, 0.1) is 5.92 Å². The number of nitrogens with zero attached hydrogens (tertiary/aromatic N) is 1. The fourth-order valence-electron chi connectivity index (χ4n) is 3.03. The number of carbonyl (C=O) groups excluding carboxylic acids is 2. The molecule has 0 spiro atoms. The number of rotatable bonds is 5. The van der Waals surface area contributed by atoms with E-state index in [2.05, 4.69) is 10.3 Å². The topological polar surface area (TPSA) is 85.1 Å². The van der Waals surface area contributed by atoms with Crippen molar-refractivity contribution in [2.45, 2.75) is 26.3 Å². The first-order valence-corrected chi connectivity index (χ1v) is 8.35. The monoisotopic (exact) mass is 335 g/mol. The van der Waals surface area contributed by atoms with E-state index in [1.165, 1.54) is 0 Å². The molecular formula is C20H21N3O2. The van der Waals surface area contributed by atoms with Crippen molar-refractivity contribution < 1.29 is 9.59 Å². The van der Waals surface area contributed by atoms with Gasteiger partial charge >= 0.3 is 0 Å². The zero-order valence-corrected chi connectivity index (χ0v) is 14.3. The van der Waals surface area contributed by atoms with Crippen molar-refractivity contribution >= 4 is 33.6 Å². The molecule has 0 aliphatic heterocycles. The number of pyridine rings is 1. The molecule has 0 radical (unpaired) electrons. The lowest BCUT2D eigenvalue weighted by molar-refractivity contribution is -0.120. The SMILES string of the molecule is CC(C)C[C@H](NC(=O)c1c2ccccc2nc2ccccc12)C(N)=O. The largest absolute Gasteiger partial charge is 0.368 e. The second kappa shape index (κ2) is 6.89. The van der Waals surface area contributed by atoms with Crippen molar-refractivity contribution in [1.29, 1.82) is 0 Å². The number of amides is 2. The van der Waals surface area contributed by atoms with Crippen molar-refractivity contribution in [3.05, 3.63) is 54.1 Å². The standard InChI is InChI=1S/C20H21N3O2/c1-12(2)11-17(19(21)24)23-20(25)18-13-7-3-5-9-15(13)22-16-10-6-4-8-14(16)18/h3-10,12,17H,11H2,1-2H3,(H2,21,24)(H,23,25)/t17-/m0/s1. The molecule has 1 heterocycles. The van der Waals surface area contributed by atoms with Crippen molar-refractivity contribution in [2.24, 2.45) is 11.7 Å². The molecule has 5 nitrogen and oxygen atoms in total. The van der Waals surface area contributed by atoms with E-state index in [1.807, 2.05) is 62.4 Å². The average Bonchev–Trinajstić information content (AvgIpc) is 2.58. The number of primary amides is 1. The van der Waals surface area contributed by atoms with Gasteiger partial charge in [-0.15, -0.1) is 0 Å². The molecule has 0 unspecified atom stereocenters. The van der Waals surface area contributed by atoms with Crippen LogP contribution in [0.4, 0.5) is 0 Å². The number of hydrogen-bond acceptors (Lipinski definition) is 3. The third-order valence-electron chi connectivity index (χ3n) is 4.17. The lowest BCUT2D eigenvalue weighted by atomic mass is 9.99. The molecule has 1 aromatic heterocycles. The molecule has 3 N–H and O–H groups in total. The van der Waals surface area contributed by atoms with Crippen LogP contribution >= 0.6 is 0 Å². The summed E-state index contributed by atoms with van der Waals surface area (Å²) in [4.78, 5) is 29.4. The number of nitrogens with one attached hydrogen (secondary N) is 1. The van der Waals surface area contributed by atoms with Gasteiger partial charge in [-0.2, -0.15) is 0 Å². The summed E-state index contributed by atoms with van der Waals surface area (Å²) in [6.45, 7) is 3.97. The van der Waals surface area contributed by atoms with E-state index in [0.29, 0.717) is 12.0 Å². The molecule has 3 aromatic rings. The number of fused-ring (bicyclic) bond motifs is 2. The van der Waals surface area contributed by atoms with Gasteiger partial charge in [0.1, 0.15) is 6.04 Å². The number of hydrogen-bond donors (Lipinski definition) is 2. The summed E-state index contributed by atoms with van der Waals surface area (Å²) in [6, 6.07) is 14.3. The van der Waals surface area contributed by atoms with Crippen LogP contribution in [0.5, 0.6) is 0 Å². The van der Waals surface area contributed by atoms with Crippen LogP contribution in [0.2, 0.25) is 0 Å². The van der Waals surface area contributed by atoms with Crippen molar-refractivity contribution in [1.82, 2.24) is 10.3 Å². The van der Waals surface area contributed by atoms with E-state index in [9.17, 15) is 9.59 Å². The van der Waals surface area contributed by atoms with E-state index < -0.39 is 11.9 Å². The Morgan fingerprint density at radius 1 is 1.00 bits per heavy atom. The molecule has 0 aliphatic carbocycles. The van der Waals surface area contributed by atoms with Crippen LogP contribution in [0.25, 0.3) is 21.8 Å². The fraction of sp³-hybridized carbons (Fsp3) is 0.250. The molecule has 1 atom stereocenters. The minimum Gasteiger partial charge on any atom is -0.368 e. The summed E-state index contributed by atoms with van der Waals surface area (Å²) < 4.78 is 0. The van der Waals surface area contributed by atoms with Gasteiger partial charge in [-0.25, -0.2) is 4.98 Å². The fourth-order valence-corrected chi connectivity index (χ4v) is 3.03. The zero-order valence-electron chi connectivity index (χ0n) is 14.3. The molecule has 0 aliphatic rings. The van der Waals surface area contributed by atoms with Crippen molar-refractivity contribution in [2.75, 3.05) is 0 Å². The first kappa shape index (κ1) is 16.9. The Hall–Kier alpha value is -2.95. The van der Waals surface area contributed by atoms with Crippen LogP contribution in [0.1, 0.15) is 30.6 Å². The first-order valence-electron chi connectivity index (χ1n) is 8.35. The molecule has 0 saturated carbocycles. The first-order chi connectivity index (χ1) is 12.0. The highest BCUT2D eigenvalue weighted by Crippen LogP contribution is 2.26. The molecule has 5 heteroatoms. The van der Waals surface area contributed by atoms with Gasteiger partial charge in [0, 0.05) is 10.8 Å². The third kappa shape index (κ3) is 3.45. The van der Waals surface area contributed by atoms with Gasteiger partial charge in [0.15, 0.2) is 0 Å². The maximum absolute atomic E-state index is 13.0. The summed E-state index contributed by atoms with van der Waals surface area (Å²) in [6.07, 6.45) is 0.502. The van der Waals surface area contributed by atoms with E-state index >= 15 is 0 Å². The predicted octanol–water partition coefficient (Wildman–Crippen LogP) is 3.02. The quantitative estimate of drug-likeness (QED) is 0.703. The lowest BCUT2D eigenvalue weighted by Crippen LogP contribution is -2.45. The Morgan fingerprint density at radius 3 is 2.00 bits per heavy atom. The minimum absolute atomic E-state index is 0.240. The van der Waals surface area contributed by atoms with Gasteiger partial charge in [-0.3, -0.25) is 9.59 Å². The summed E-state index contributed by atoms with van der Waals surface area (Å²) in [5, 5.41) is 4.32. The van der Waals surface area contributed by atoms with Crippen LogP contribution < -0.4 is 11.1 Å². The van der Waals surface area contributed by atoms with Crippen LogP contribution in [-0.4, -0.2) is 22.8 Å². The molecular weight excluding hydrogens is 314 g/mol. The van der Waals surface area contributed by atoms with Gasteiger partial charge in [-0.05, 0) is 24.5 Å². The smallest absolute Gasteiger partial charge is 0.253 e. The number of para-hydroxylation sites is 2. The second-order valence-corrected chi connectivity index (χ2v) is 6.58. The predicted molar refractivity (Wildman–Crippen MR) is 99.2 cm³/mol. The van der Waals surface area contributed by atoms with Gasteiger partial charge in [-0.1, -0.05) is 50.2 Å². The number of aromatic nitrogens is 1. The Balaban J connectivity index is 2.11. The normalized spacial score (nSPS) is 12.4. The van der Waals surface area contributed by atoms with Gasteiger partial charge < -0.3 is 11.1 Å². The average molecular weight is 335 g/mol. The van der Waals surface area contributed by atoms with Crippen LogP contribution in [-0.2, 0) is 4.79 Å². The Morgan fingerprint density at radius 2 is 1.52 bits per heavy atom. The molecule has 0 fully saturated rings. The van der Waals surface area contributed by atoms with Gasteiger partial charge in [0.2, 0.25) is 5.91 Å². The summed E-state index contributed by atoms with van der Waals surface area (Å²) >= 11 is 0. The highest BCUT2D eigenvalue weighted by atomic mass is 16.2. The van der Waals surface area contributed by atoms with E-state index in [0.717, 1.165) is 21.8 Å². The summed E-state index contributed by atoms with van der Waals surface area (Å²) in [5.74, 6) is -0.590. The van der Waals surface area contributed by atoms with Gasteiger partial charge in [0.25, 0.3) is 5.91 Å². The molecule has 3 rings (SSSR count). The van der Waals surface area contributed by atoms with Crippen molar-refractivity contribution in [3.8, 4) is 0 Å². The lowest BCUT2D eigenvalue weighted by Gasteiger charge is -2.18. The molecule has 128 valence electrons. The molecule has 0 saturated heterocycles. The maximum atomic E-state index is 13.0. The van der Waals surface area contributed by atoms with Crippen LogP contribution in [0.15, 0.2) is 48.5 Å². The number of nitrogens with two attached hydrogens (primary N) is 1. The van der Waals surface area contributed by atoms with E-state index in [4.69, 9.17) is 5.73 Å². The third-order valence-corrected chi connectivity index (χ3v) is 4.17. The summed E-state index contributed by atoms with van der Waals surface area (Å²) in [7, 11) is 0. The van der Waals surface area contributed by atoms with Gasteiger partial charge in [0.05, 0.1) is 16.6 Å². The summed E-state index contributed by atoms with van der Waals surface area (Å²) in [5.41, 5.74) is 7.48. The van der Waals surface area contributed by atoms with E-state index in [-0.39, 0.29) is 11.8 Å². The number of benzene rings is 2. The highest BCUT2D eigenvalue weighted by Gasteiger charge is 2.23. The maximum Gasteiger partial charge on any atom is 0.253 e. The molecule has 2 amide bonds. The molecule has 2 aromatic carbocycles. The minimum atomic E-state index is -0.696. The molecule has 0 bridgehead atoms. The molecule has 25 heavy (non-hydrogen) atoms.